The Morgan fingerprint density at radius 3 is 2.74 bits per heavy atom. The number of methoxy groups -OCH3 is 1. The molecule has 118 valence electrons. The first kappa shape index (κ1) is 14.3. The van der Waals surface area contributed by atoms with Crippen LogP contribution >= 0.6 is 0 Å². The molecule has 3 nitrogen and oxygen atoms in total. The van der Waals surface area contributed by atoms with E-state index in [1.807, 2.05) is 6.07 Å². The van der Waals surface area contributed by atoms with E-state index in [1.54, 1.807) is 7.11 Å². The van der Waals surface area contributed by atoms with Crippen LogP contribution in [0.3, 0.4) is 0 Å². The second-order valence-electron chi connectivity index (χ2n) is 6.43. The standard InChI is InChI=1S/C20H22N2O/c1-12-4-6-15(13(2)10-12)19-20-16(8-9-21-19)17-11-14(23-3)5-7-18(17)22-20/h4-7,10-11,19,21-22H,8-9H2,1-3H3. The van der Waals surface area contributed by atoms with E-state index in [4.69, 9.17) is 4.74 Å². The van der Waals surface area contributed by atoms with Gasteiger partial charge in [-0.15, -0.1) is 0 Å². The zero-order valence-corrected chi connectivity index (χ0v) is 13.9. The number of aromatic amines is 1. The number of H-pyrrole nitrogens is 1. The van der Waals surface area contributed by atoms with Crippen LogP contribution in [0.4, 0.5) is 0 Å². The van der Waals surface area contributed by atoms with Gasteiger partial charge in [-0.1, -0.05) is 23.8 Å². The Morgan fingerprint density at radius 2 is 1.96 bits per heavy atom. The zero-order valence-electron chi connectivity index (χ0n) is 13.9. The predicted molar refractivity (Wildman–Crippen MR) is 94.3 cm³/mol. The third kappa shape index (κ3) is 2.32. The fraction of sp³-hybridized carbons (Fsp3) is 0.300. The third-order valence-electron chi connectivity index (χ3n) is 4.89. The highest BCUT2D eigenvalue weighted by atomic mass is 16.5. The van der Waals surface area contributed by atoms with Crippen molar-refractivity contribution in [1.29, 1.82) is 0 Å². The van der Waals surface area contributed by atoms with Gasteiger partial charge in [0.25, 0.3) is 0 Å². The van der Waals surface area contributed by atoms with E-state index in [0.29, 0.717) is 0 Å². The van der Waals surface area contributed by atoms with Crippen LogP contribution in [0.5, 0.6) is 5.75 Å². The normalized spacial score (nSPS) is 17.3. The molecule has 3 heteroatoms. The minimum Gasteiger partial charge on any atom is -0.497 e. The van der Waals surface area contributed by atoms with Gasteiger partial charge in [0.2, 0.25) is 0 Å². The summed E-state index contributed by atoms with van der Waals surface area (Å²) in [7, 11) is 1.72. The van der Waals surface area contributed by atoms with Gasteiger partial charge in [-0.05, 0) is 55.2 Å². The van der Waals surface area contributed by atoms with Gasteiger partial charge in [-0.3, -0.25) is 0 Å². The number of ether oxygens (including phenoxy) is 1. The summed E-state index contributed by atoms with van der Waals surface area (Å²) in [6, 6.07) is 13.2. The number of aryl methyl sites for hydroxylation is 2. The average molecular weight is 306 g/mol. The van der Waals surface area contributed by atoms with Crippen molar-refractivity contribution in [2.75, 3.05) is 13.7 Å². The van der Waals surface area contributed by atoms with Gasteiger partial charge in [0.15, 0.2) is 0 Å². The van der Waals surface area contributed by atoms with Crippen molar-refractivity contribution in [3.05, 3.63) is 64.3 Å². The number of hydrogen-bond donors (Lipinski definition) is 2. The number of benzene rings is 2. The predicted octanol–water partition coefficient (Wildman–Crippen LogP) is 4.03. The molecular formula is C20H22N2O. The van der Waals surface area contributed by atoms with E-state index < -0.39 is 0 Å². The first-order chi connectivity index (χ1) is 11.2. The molecule has 0 spiro atoms. The van der Waals surface area contributed by atoms with E-state index in [1.165, 1.54) is 38.9 Å². The maximum atomic E-state index is 5.40. The largest absolute Gasteiger partial charge is 0.497 e. The molecule has 1 aliphatic heterocycles. The maximum Gasteiger partial charge on any atom is 0.119 e. The van der Waals surface area contributed by atoms with Crippen LogP contribution in [0.2, 0.25) is 0 Å². The average Bonchev–Trinajstić information content (AvgIpc) is 2.93. The SMILES string of the molecule is COc1ccc2[nH]c3c(c2c1)CCNC3c1ccc(C)cc1C. The van der Waals surface area contributed by atoms with Crippen LogP contribution in [-0.2, 0) is 6.42 Å². The van der Waals surface area contributed by atoms with Crippen molar-refractivity contribution < 1.29 is 4.74 Å². The molecule has 1 aromatic heterocycles. The van der Waals surface area contributed by atoms with Crippen LogP contribution in [0, 0.1) is 13.8 Å². The Labute approximate surface area is 136 Å². The second kappa shape index (κ2) is 5.43. The number of fused-ring (bicyclic) bond motifs is 3. The van der Waals surface area contributed by atoms with Crippen molar-refractivity contribution in [3.8, 4) is 5.75 Å². The van der Waals surface area contributed by atoms with Crippen molar-refractivity contribution in [1.82, 2.24) is 10.3 Å². The molecule has 0 saturated heterocycles. The van der Waals surface area contributed by atoms with E-state index in [-0.39, 0.29) is 6.04 Å². The molecule has 4 rings (SSSR count). The number of aromatic nitrogens is 1. The Bertz CT molecular complexity index is 879. The molecule has 3 aromatic rings. The maximum absolute atomic E-state index is 5.40. The number of nitrogens with one attached hydrogen (secondary N) is 2. The summed E-state index contributed by atoms with van der Waals surface area (Å²) in [5.74, 6) is 0.917. The molecule has 0 fully saturated rings. The Hall–Kier alpha value is -2.26. The summed E-state index contributed by atoms with van der Waals surface area (Å²) in [6.07, 6.45) is 1.05. The van der Waals surface area contributed by atoms with Gasteiger partial charge in [0, 0.05) is 23.1 Å². The van der Waals surface area contributed by atoms with Crippen LogP contribution in [0.25, 0.3) is 10.9 Å². The Balaban J connectivity index is 1.88. The summed E-state index contributed by atoms with van der Waals surface area (Å²) in [4.78, 5) is 3.64. The monoisotopic (exact) mass is 306 g/mol. The lowest BCUT2D eigenvalue weighted by molar-refractivity contribution is 0.415. The third-order valence-corrected chi connectivity index (χ3v) is 4.89. The summed E-state index contributed by atoms with van der Waals surface area (Å²) < 4.78 is 5.40. The topological polar surface area (TPSA) is 37.0 Å². The lowest BCUT2D eigenvalue weighted by Crippen LogP contribution is -2.30. The quantitative estimate of drug-likeness (QED) is 0.750. The zero-order chi connectivity index (χ0) is 16.0. The summed E-state index contributed by atoms with van der Waals surface area (Å²) in [5, 5.41) is 4.97. The smallest absolute Gasteiger partial charge is 0.119 e. The van der Waals surface area contributed by atoms with E-state index in [0.717, 1.165) is 18.7 Å². The molecule has 2 heterocycles. The van der Waals surface area contributed by atoms with Crippen molar-refractivity contribution in [2.24, 2.45) is 0 Å². The van der Waals surface area contributed by atoms with Crippen LogP contribution in [0.1, 0.15) is 34.0 Å². The Kier molecular flexibility index (Phi) is 3.38. The minimum absolute atomic E-state index is 0.234. The van der Waals surface area contributed by atoms with Crippen LogP contribution in [-0.4, -0.2) is 18.6 Å². The van der Waals surface area contributed by atoms with Gasteiger partial charge < -0.3 is 15.0 Å². The van der Waals surface area contributed by atoms with Gasteiger partial charge >= 0.3 is 0 Å². The molecule has 0 radical (unpaired) electrons. The molecule has 2 aromatic carbocycles. The van der Waals surface area contributed by atoms with E-state index in [2.05, 4.69) is 54.5 Å². The fourth-order valence-electron chi connectivity index (χ4n) is 3.75. The van der Waals surface area contributed by atoms with Crippen molar-refractivity contribution in [3.63, 3.8) is 0 Å². The van der Waals surface area contributed by atoms with Gasteiger partial charge in [-0.2, -0.15) is 0 Å². The molecule has 1 unspecified atom stereocenters. The van der Waals surface area contributed by atoms with Gasteiger partial charge in [-0.25, -0.2) is 0 Å². The number of hydrogen-bond acceptors (Lipinski definition) is 2. The lowest BCUT2D eigenvalue weighted by atomic mass is 9.91. The highest BCUT2D eigenvalue weighted by molar-refractivity contribution is 5.86. The molecule has 0 bridgehead atoms. The molecule has 1 aliphatic rings. The number of rotatable bonds is 2. The molecular weight excluding hydrogens is 284 g/mol. The van der Waals surface area contributed by atoms with Crippen molar-refractivity contribution in [2.45, 2.75) is 26.3 Å². The molecule has 0 amide bonds. The van der Waals surface area contributed by atoms with E-state index >= 15 is 0 Å². The minimum atomic E-state index is 0.234. The molecule has 23 heavy (non-hydrogen) atoms. The molecule has 0 aliphatic carbocycles. The summed E-state index contributed by atoms with van der Waals surface area (Å²) in [6.45, 7) is 5.34. The second-order valence-corrected chi connectivity index (χ2v) is 6.43. The van der Waals surface area contributed by atoms with Gasteiger partial charge in [0.1, 0.15) is 5.75 Å². The lowest BCUT2D eigenvalue weighted by Gasteiger charge is -2.26. The molecule has 1 atom stereocenters. The molecule has 2 N–H and O–H groups in total. The van der Waals surface area contributed by atoms with Crippen LogP contribution < -0.4 is 10.1 Å². The fourth-order valence-corrected chi connectivity index (χ4v) is 3.75. The highest BCUT2D eigenvalue weighted by Gasteiger charge is 2.26. The summed E-state index contributed by atoms with van der Waals surface area (Å²) in [5.41, 5.74) is 7.91. The van der Waals surface area contributed by atoms with Crippen molar-refractivity contribution >= 4 is 10.9 Å². The molecule has 0 saturated carbocycles. The van der Waals surface area contributed by atoms with E-state index in [9.17, 15) is 0 Å². The first-order valence-corrected chi connectivity index (χ1v) is 8.16. The Morgan fingerprint density at radius 1 is 1.09 bits per heavy atom. The highest BCUT2D eigenvalue weighted by Crippen LogP contribution is 2.36. The van der Waals surface area contributed by atoms with Crippen LogP contribution in [0.15, 0.2) is 36.4 Å². The first-order valence-electron chi connectivity index (χ1n) is 8.16. The summed E-state index contributed by atoms with van der Waals surface area (Å²) >= 11 is 0. The van der Waals surface area contributed by atoms with Gasteiger partial charge in [0.05, 0.1) is 13.2 Å².